The highest BCUT2D eigenvalue weighted by Crippen LogP contribution is 2.32. The summed E-state index contributed by atoms with van der Waals surface area (Å²) in [4.78, 5) is 14.0. The van der Waals surface area contributed by atoms with Gasteiger partial charge < -0.3 is 9.67 Å². The number of hydrogen-bond donors (Lipinski definition) is 1. The number of imidazole rings is 1. The molecule has 0 bridgehead atoms. The van der Waals surface area contributed by atoms with Crippen LogP contribution < -0.4 is 0 Å². The van der Waals surface area contributed by atoms with Crippen molar-refractivity contribution < 1.29 is 27.3 Å². The average molecular weight is 354 g/mol. The minimum Gasteiger partial charge on any atom is -0.480 e. The Morgan fingerprint density at radius 3 is 2.42 bits per heavy atom. The van der Waals surface area contributed by atoms with Gasteiger partial charge in [0.25, 0.3) is 0 Å². The third-order valence-corrected chi connectivity index (χ3v) is 4.74. The zero-order valence-electron chi connectivity index (χ0n) is 11.9. The maximum absolute atomic E-state index is 14.3. The second-order valence-corrected chi connectivity index (χ2v) is 6.23. The van der Waals surface area contributed by atoms with Crippen LogP contribution in [0, 0.1) is 17.5 Å². The molecule has 0 aliphatic heterocycles. The Labute approximate surface area is 135 Å². The molecular formula is C15H9F3N2O3S. The molecule has 1 heterocycles. The van der Waals surface area contributed by atoms with Crippen molar-refractivity contribution in [3.8, 4) is 0 Å². The zero-order valence-corrected chi connectivity index (χ0v) is 12.7. The summed E-state index contributed by atoms with van der Waals surface area (Å²) in [6.07, 6.45) is 0.937. The number of aromatic nitrogens is 2. The molecule has 1 aromatic heterocycles. The normalized spacial score (nSPS) is 12.5. The van der Waals surface area contributed by atoms with Crippen LogP contribution in [0.2, 0.25) is 0 Å². The van der Waals surface area contributed by atoms with Crippen molar-refractivity contribution in [1.82, 2.24) is 9.55 Å². The molecule has 24 heavy (non-hydrogen) atoms. The summed E-state index contributed by atoms with van der Waals surface area (Å²) >= 11 is 0. The number of hydrogen-bond acceptors (Lipinski definition) is 3. The Morgan fingerprint density at radius 2 is 1.79 bits per heavy atom. The molecule has 0 amide bonds. The van der Waals surface area contributed by atoms with Crippen LogP contribution in [-0.2, 0) is 22.1 Å². The molecule has 0 saturated heterocycles. The predicted molar refractivity (Wildman–Crippen MR) is 78.4 cm³/mol. The van der Waals surface area contributed by atoms with E-state index in [2.05, 4.69) is 4.98 Å². The van der Waals surface area contributed by atoms with E-state index < -0.39 is 51.2 Å². The molecule has 0 aliphatic carbocycles. The number of benzene rings is 2. The van der Waals surface area contributed by atoms with Crippen LogP contribution in [0.15, 0.2) is 46.5 Å². The molecule has 0 spiro atoms. The van der Waals surface area contributed by atoms with Gasteiger partial charge in [0.1, 0.15) is 17.0 Å². The average Bonchev–Trinajstić information content (AvgIpc) is 2.96. The molecule has 3 aromatic rings. The van der Waals surface area contributed by atoms with E-state index in [4.69, 9.17) is 5.11 Å². The zero-order chi connectivity index (χ0) is 17.4. The molecule has 5 nitrogen and oxygen atoms in total. The number of fused-ring (bicyclic) bond motifs is 1. The van der Waals surface area contributed by atoms with Gasteiger partial charge in [-0.3, -0.25) is 4.79 Å². The van der Waals surface area contributed by atoms with E-state index in [0.717, 1.165) is 10.9 Å². The maximum atomic E-state index is 14.3. The van der Waals surface area contributed by atoms with Gasteiger partial charge in [0.2, 0.25) is 0 Å². The first-order valence-electron chi connectivity index (χ1n) is 6.61. The van der Waals surface area contributed by atoms with E-state index in [-0.39, 0.29) is 10.4 Å². The largest absolute Gasteiger partial charge is 0.480 e. The van der Waals surface area contributed by atoms with Crippen LogP contribution >= 0.6 is 0 Å². The smallest absolute Gasteiger partial charge is 0.323 e. The summed E-state index contributed by atoms with van der Waals surface area (Å²) < 4.78 is 55.7. The number of carboxylic acid groups (broad SMARTS) is 1. The number of carbonyl (C=O) groups is 1. The number of halogens is 3. The van der Waals surface area contributed by atoms with Crippen LogP contribution in [0.4, 0.5) is 13.2 Å². The van der Waals surface area contributed by atoms with Crippen molar-refractivity contribution >= 4 is 27.8 Å². The minimum atomic E-state index is -2.19. The van der Waals surface area contributed by atoms with Crippen LogP contribution in [0.5, 0.6) is 0 Å². The Morgan fingerprint density at radius 1 is 1.12 bits per heavy atom. The van der Waals surface area contributed by atoms with Crippen molar-refractivity contribution in [2.75, 3.05) is 0 Å². The Balaban J connectivity index is 2.35. The van der Waals surface area contributed by atoms with Gasteiger partial charge in [-0.25, -0.2) is 22.4 Å². The van der Waals surface area contributed by atoms with E-state index in [9.17, 15) is 22.2 Å². The topological polar surface area (TPSA) is 72.2 Å². The SMILES string of the molecule is O=C(O)Cn1cnc2c(F)c(F)c(F)c(S(=O)c3ccccc3)c21. The van der Waals surface area contributed by atoms with E-state index >= 15 is 0 Å². The first kappa shape index (κ1) is 16.2. The second-order valence-electron chi connectivity index (χ2n) is 4.82. The van der Waals surface area contributed by atoms with Gasteiger partial charge in [0.15, 0.2) is 17.5 Å². The summed E-state index contributed by atoms with van der Waals surface area (Å²) in [5.74, 6) is -6.28. The molecule has 0 saturated carbocycles. The highest BCUT2D eigenvalue weighted by Gasteiger charge is 2.28. The highest BCUT2D eigenvalue weighted by atomic mass is 32.2. The fourth-order valence-electron chi connectivity index (χ4n) is 2.28. The molecule has 0 radical (unpaired) electrons. The maximum Gasteiger partial charge on any atom is 0.323 e. The van der Waals surface area contributed by atoms with Crippen LogP contribution in [0.25, 0.3) is 11.0 Å². The van der Waals surface area contributed by atoms with Crippen molar-refractivity contribution in [3.05, 3.63) is 54.1 Å². The monoisotopic (exact) mass is 354 g/mol. The van der Waals surface area contributed by atoms with Crippen LogP contribution in [-0.4, -0.2) is 24.8 Å². The third kappa shape index (κ3) is 2.56. The number of nitrogens with zero attached hydrogens (tertiary/aromatic N) is 2. The summed E-state index contributed by atoms with van der Waals surface area (Å²) in [6.45, 7) is -0.667. The summed E-state index contributed by atoms with van der Waals surface area (Å²) in [5, 5.41) is 8.90. The van der Waals surface area contributed by atoms with E-state index in [0.29, 0.717) is 0 Å². The lowest BCUT2D eigenvalue weighted by atomic mass is 10.2. The standard InChI is InChI=1S/C15H9F3N2O3S/c16-10-11(17)13-14(20(7-19-13)6-9(21)22)15(12(10)18)24(23)8-4-2-1-3-5-8/h1-5,7H,6H2,(H,21,22). The first-order chi connectivity index (χ1) is 11.4. The van der Waals surface area contributed by atoms with Crippen molar-refractivity contribution in [1.29, 1.82) is 0 Å². The molecule has 1 atom stereocenters. The molecule has 1 unspecified atom stereocenters. The number of rotatable bonds is 4. The van der Waals surface area contributed by atoms with Gasteiger partial charge in [0.05, 0.1) is 22.6 Å². The number of aliphatic carboxylic acids is 1. The molecule has 0 aliphatic rings. The van der Waals surface area contributed by atoms with E-state index in [1.165, 1.54) is 12.1 Å². The van der Waals surface area contributed by atoms with Crippen LogP contribution in [0.1, 0.15) is 0 Å². The van der Waals surface area contributed by atoms with Gasteiger partial charge >= 0.3 is 5.97 Å². The van der Waals surface area contributed by atoms with Crippen molar-refractivity contribution in [3.63, 3.8) is 0 Å². The van der Waals surface area contributed by atoms with E-state index in [1.807, 2.05) is 0 Å². The Hall–Kier alpha value is -2.68. The number of carboxylic acids is 1. The Bertz CT molecular complexity index is 973. The van der Waals surface area contributed by atoms with Crippen LogP contribution in [0.3, 0.4) is 0 Å². The minimum absolute atomic E-state index is 0.159. The highest BCUT2D eigenvalue weighted by molar-refractivity contribution is 7.85. The lowest BCUT2D eigenvalue weighted by Gasteiger charge is -2.10. The van der Waals surface area contributed by atoms with Crippen molar-refractivity contribution in [2.24, 2.45) is 0 Å². The molecular weight excluding hydrogens is 345 g/mol. The lowest BCUT2D eigenvalue weighted by Crippen LogP contribution is -2.11. The molecule has 9 heteroatoms. The van der Waals surface area contributed by atoms with Gasteiger partial charge in [-0.2, -0.15) is 0 Å². The second kappa shape index (κ2) is 6.08. The Kier molecular flexibility index (Phi) is 4.10. The molecule has 124 valence electrons. The summed E-state index contributed by atoms with van der Waals surface area (Å²) in [5.41, 5.74) is -0.926. The third-order valence-electron chi connectivity index (χ3n) is 3.29. The summed E-state index contributed by atoms with van der Waals surface area (Å²) in [7, 11) is -2.19. The van der Waals surface area contributed by atoms with E-state index in [1.54, 1.807) is 18.2 Å². The first-order valence-corrected chi connectivity index (χ1v) is 7.76. The fourth-order valence-corrected chi connectivity index (χ4v) is 3.56. The van der Waals surface area contributed by atoms with Crippen molar-refractivity contribution in [2.45, 2.75) is 16.3 Å². The molecule has 0 fully saturated rings. The summed E-state index contributed by atoms with van der Waals surface area (Å²) in [6, 6.07) is 7.61. The quantitative estimate of drug-likeness (QED) is 0.731. The van der Waals surface area contributed by atoms with Gasteiger partial charge in [-0.05, 0) is 12.1 Å². The molecule has 1 N–H and O–H groups in total. The fraction of sp³-hybridized carbons (Fsp3) is 0.0667. The van der Waals surface area contributed by atoms with Gasteiger partial charge in [-0.15, -0.1) is 0 Å². The predicted octanol–water partition coefficient (Wildman–Crippen LogP) is 2.70. The molecule has 3 rings (SSSR count). The lowest BCUT2D eigenvalue weighted by molar-refractivity contribution is -0.137. The van der Waals surface area contributed by atoms with Gasteiger partial charge in [-0.1, -0.05) is 18.2 Å². The molecule has 2 aromatic carbocycles. The van der Waals surface area contributed by atoms with Gasteiger partial charge in [0, 0.05) is 4.90 Å².